The molecule has 0 unspecified atom stereocenters. The van der Waals surface area contributed by atoms with E-state index in [9.17, 15) is 18.0 Å². The number of nitrogens with zero attached hydrogens (tertiary/aromatic N) is 1. The molecule has 122 valence electrons. The van der Waals surface area contributed by atoms with Gasteiger partial charge in [-0.3, -0.25) is 0 Å². The largest absolute Gasteiger partial charge is 0.416 e. The fourth-order valence-corrected chi connectivity index (χ4v) is 2.41. The number of alkyl halides is 3. The highest BCUT2D eigenvalue weighted by atomic mass is 127. The number of halogens is 4. The Morgan fingerprint density at radius 3 is 2.21 bits per heavy atom. The summed E-state index contributed by atoms with van der Waals surface area (Å²) in [5.74, 6) is -0.460. The van der Waals surface area contributed by atoms with E-state index in [2.05, 4.69) is 27.6 Å². The van der Waals surface area contributed by atoms with Gasteiger partial charge >= 0.3 is 12.1 Å². The molecule has 0 atom stereocenters. The zero-order chi connectivity index (χ0) is 17.3. The molecule has 0 aromatic heterocycles. The molecule has 0 amide bonds. The lowest BCUT2D eigenvalue weighted by Gasteiger charge is -2.05. The number of rotatable bonds is 2. The van der Waals surface area contributed by atoms with Crippen LogP contribution < -0.4 is 0 Å². The first-order chi connectivity index (χ1) is 11.3. The van der Waals surface area contributed by atoms with E-state index in [1.165, 1.54) is 18.2 Å². The van der Waals surface area contributed by atoms with Crippen LogP contribution in [0.5, 0.6) is 0 Å². The minimum Gasteiger partial charge on any atom is -0.402 e. The SMILES string of the molecule is O=C1OC(c2ccc(I)cc2)=N/C1=C\c1ccc(C(F)(F)F)cc1. The van der Waals surface area contributed by atoms with E-state index < -0.39 is 17.7 Å². The molecular formula is C17H9F3INO2. The molecule has 3 nitrogen and oxygen atoms in total. The van der Waals surface area contributed by atoms with Crippen LogP contribution in [0.3, 0.4) is 0 Å². The van der Waals surface area contributed by atoms with Gasteiger partial charge in [-0.05, 0) is 70.6 Å². The minimum atomic E-state index is -4.39. The van der Waals surface area contributed by atoms with Gasteiger partial charge in [0.2, 0.25) is 5.90 Å². The Bertz CT molecular complexity index is 838. The van der Waals surface area contributed by atoms with Crippen molar-refractivity contribution in [3.63, 3.8) is 0 Å². The van der Waals surface area contributed by atoms with Crippen molar-refractivity contribution in [3.05, 3.63) is 74.5 Å². The normalized spacial score (nSPS) is 16.2. The molecule has 2 aromatic carbocycles. The predicted octanol–water partition coefficient (Wildman–Crippen LogP) is 4.65. The summed E-state index contributed by atoms with van der Waals surface area (Å²) in [6.45, 7) is 0. The van der Waals surface area contributed by atoms with Crippen molar-refractivity contribution in [2.45, 2.75) is 6.18 Å². The van der Waals surface area contributed by atoms with E-state index in [0.29, 0.717) is 11.1 Å². The summed E-state index contributed by atoms with van der Waals surface area (Å²) in [6.07, 6.45) is -3.00. The Kier molecular flexibility index (Phi) is 4.44. The van der Waals surface area contributed by atoms with Crippen LogP contribution in [0.1, 0.15) is 16.7 Å². The average Bonchev–Trinajstić information content (AvgIpc) is 2.89. The maximum Gasteiger partial charge on any atom is 0.416 e. The molecule has 0 saturated heterocycles. The predicted molar refractivity (Wildman–Crippen MR) is 91.2 cm³/mol. The second-order valence-corrected chi connectivity index (χ2v) is 6.21. The van der Waals surface area contributed by atoms with Crippen molar-refractivity contribution in [2.75, 3.05) is 0 Å². The van der Waals surface area contributed by atoms with Crippen LogP contribution in [0, 0.1) is 3.57 Å². The van der Waals surface area contributed by atoms with Crippen molar-refractivity contribution in [3.8, 4) is 0 Å². The number of esters is 1. The molecule has 24 heavy (non-hydrogen) atoms. The third kappa shape index (κ3) is 3.66. The van der Waals surface area contributed by atoms with Crippen molar-refractivity contribution >= 4 is 40.5 Å². The Balaban J connectivity index is 1.87. The Morgan fingerprint density at radius 2 is 1.62 bits per heavy atom. The molecule has 1 aliphatic rings. The summed E-state index contributed by atoms with van der Waals surface area (Å²) in [7, 11) is 0. The lowest BCUT2D eigenvalue weighted by molar-refractivity contribution is -0.137. The van der Waals surface area contributed by atoms with E-state index in [1.807, 2.05) is 12.1 Å². The molecular weight excluding hydrogens is 434 g/mol. The van der Waals surface area contributed by atoms with Crippen LogP contribution in [0.2, 0.25) is 0 Å². The van der Waals surface area contributed by atoms with Gasteiger partial charge in [0.15, 0.2) is 5.70 Å². The smallest absolute Gasteiger partial charge is 0.402 e. The first kappa shape index (κ1) is 16.7. The molecule has 0 saturated carbocycles. The fraction of sp³-hybridized carbons (Fsp3) is 0.0588. The zero-order valence-corrected chi connectivity index (χ0v) is 14.1. The lowest BCUT2D eigenvalue weighted by Crippen LogP contribution is -2.05. The number of hydrogen-bond acceptors (Lipinski definition) is 3. The van der Waals surface area contributed by atoms with Crippen molar-refractivity contribution in [1.82, 2.24) is 0 Å². The van der Waals surface area contributed by atoms with Gasteiger partial charge in [-0.25, -0.2) is 9.79 Å². The van der Waals surface area contributed by atoms with Gasteiger partial charge in [-0.1, -0.05) is 12.1 Å². The van der Waals surface area contributed by atoms with Crippen LogP contribution in [-0.4, -0.2) is 11.9 Å². The zero-order valence-electron chi connectivity index (χ0n) is 12.0. The molecule has 0 bridgehead atoms. The van der Waals surface area contributed by atoms with Crippen LogP contribution in [0.15, 0.2) is 59.2 Å². The lowest BCUT2D eigenvalue weighted by atomic mass is 10.1. The van der Waals surface area contributed by atoms with E-state index in [-0.39, 0.29) is 11.6 Å². The van der Waals surface area contributed by atoms with Crippen LogP contribution in [0.25, 0.3) is 6.08 Å². The molecule has 0 aliphatic carbocycles. The van der Waals surface area contributed by atoms with Crippen molar-refractivity contribution < 1.29 is 22.7 Å². The first-order valence-electron chi connectivity index (χ1n) is 6.79. The Labute approximate surface area is 149 Å². The summed E-state index contributed by atoms with van der Waals surface area (Å²) in [4.78, 5) is 16.0. The van der Waals surface area contributed by atoms with Gasteiger partial charge in [-0.2, -0.15) is 13.2 Å². The number of carbonyl (C=O) groups excluding carboxylic acids is 1. The summed E-state index contributed by atoms with van der Waals surface area (Å²) in [5.41, 5.74) is 0.382. The third-order valence-corrected chi connectivity index (χ3v) is 3.97. The monoisotopic (exact) mass is 443 g/mol. The van der Waals surface area contributed by atoms with Crippen molar-refractivity contribution in [1.29, 1.82) is 0 Å². The van der Waals surface area contributed by atoms with E-state index in [4.69, 9.17) is 4.74 Å². The number of cyclic esters (lactones) is 1. The Hall–Kier alpha value is -2.16. The van der Waals surface area contributed by atoms with E-state index in [1.54, 1.807) is 12.1 Å². The van der Waals surface area contributed by atoms with Gasteiger partial charge in [0.1, 0.15) is 0 Å². The molecule has 0 radical (unpaired) electrons. The number of ether oxygens (including phenoxy) is 1. The highest BCUT2D eigenvalue weighted by Gasteiger charge is 2.30. The molecule has 0 spiro atoms. The highest BCUT2D eigenvalue weighted by molar-refractivity contribution is 14.1. The standard InChI is InChI=1S/C17H9F3INO2/c18-17(19,20)12-5-1-10(2-6-12)9-14-16(23)24-15(22-14)11-3-7-13(21)8-4-11/h1-9H/b14-9-. The highest BCUT2D eigenvalue weighted by Crippen LogP contribution is 2.29. The number of aliphatic imine (C=N–C) groups is 1. The number of carbonyl (C=O) groups is 1. The van der Waals surface area contributed by atoms with Gasteiger partial charge in [-0.15, -0.1) is 0 Å². The molecule has 1 aliphatic heterocycles. The third-order valence-electron chi connectivity index (χ3n) is 3.25. The molecule has 3 rings (SSSR count). The maximum atomic E-state index is 12.5. The molecule has 0 N–H and O–H groups in total. The van der Waals surface area contributed by atoms with Gasteiger partial charge in [0.25, 0.3) is 0 Å². The molecule has 1 heterocycles. The number of hydrogen-bond donors (Lipinski definition) is 0. The van der Waals surface area contributed by atoms with Crippen LogP contribution in [-0.2, 0) is 15.7 Å². The molecule has 2 aromatic rings. The summed E-state index contributed by atoms with van der Waals surface area (Å²) in [5, 5.41) is 0. The minimum absolute atomic E-state index is 0.0447. The number of benzene rings is 2. The van der Waals surface area contributed by atoms with Crippen LogP contribution in [0.4, 0.5) is 13.2 Å². The van der Waals surface area contributed by atoms with Gasteiger partial charge in [0, 0.05) is 9.13 Å². The molecule has 0 fully saturated rings. The van der Waals surface area contributed by atoms with Crippen molar-refractivity contribution in [2.24, 2.45) is 4.99 Å². The summed E-state index contributed by atoms with van der Waals surface area (Å²) in [6, 6.07) is 11.7. The summed E-state index contributed by atoms with van der Waals surface area (Å²) >= 11 is 2.15. The average molecular weight is 443 g/mol. The van der Waals surface area contributed by atoms with Gasteiger partial charge < -0.3 is 4.74 Å². The van der Waals surface area contributed by atoms with E-state index in [0.717, 1.165) is 15.7 Å². The van der Waals surface area contributed by atoms with E-state index >= 15 is 0 Å². The molecule has 7 heteroatoms. The quantitative estimate of drug-likeness (QED) is 0.385. The second-order valence-electron chi connectivity index (χ2n) is 4.96. The first-order valence-corrected chi connectivity index (χ1v) is 7.86. The second kappa shape index (κ2) is 6.39. The summed E-state index contributed by atoms with van der Waals surface area (Å²) < 4.78 is 43.8. The Morgan fingerprint density at radius 1 is 1.00 bits per heavy atom. The van der Waals surface area contributed by atoms with Gasteiger partial charge in [0.05, 0.1) is 5.56 Å². The fourth-order valence-electron chi connectivity index (χ4n) is 2.05. The maximum absolute atomic E-state index is 12.5. The van der Waals surface area contributed by atoms with Crippen LogP contribution >= 0.6 is 22.6 Å². The topological polar surface area (TPSA) is 38.7 Å².